The molecule has 0 saturated heterocycles. The van der Waals surface area contributed by atoms with Gasteiger partial charge in [-0.3, -0.25) is 0 Å². The molecule has 0 bridgehead atoms. The lowest BCUT2D eigenvalue weighted by atomic mass is 9.76. The maximum Gasteiger partial charge on any atom is 0.219 e. The highest BCUT2D eigenvalue weighted by molar-refractivity contribution is 9.10. The van der Waals surface area contributed by atoms with E-state index < -0.39 is 5.72 Å². The summed E-state index contributed by atoms with van der Waals surface area (Å²) in [4.78, 5) is 2.30. The topological polar surface area (TPSA) is 16.4 Å². The fourth-order valence-electron chi connectivity index (χ4n) is 8.17. The molecule has 0 radical (unpaired) electrons. The average Bonchev–Trinajstić information content (AvgIpc) is 3.35. The van der Waals surface area contributed by atoms with E-state index in [2.05, 4.69) is 232 Å². The fourth-order valence-corrected chi connectivity index (χ4v) is 8.69. The molecule has 5 heteroatoms. The third-order valence-electron chi connectivity index (χ3n) is 11.0. The Bertz CT molecular complexity index is 2460. The SMILES string of the molecule is CN1c2ccccc2C(C)(C)C12C=Cc1cc(-[n+]3c(-c4ccc(Br)cc4)cc(-c4ccccc4)cc3-c3ccc(Br)cc3)cc(-c3ccccc3)c1O2. The number of hydrogen-bond donors (Lipinski definition) is 0. The zero-order chi connectivity index (χ0) is 36.3. The highest BCUT2D eigenvalue weighted by atomic mass is 79.9. The van der Waals surface area contributed by atoms with Gasteiger partial charge in [0.2, 0.25) is 22.8 Å². The molecule has 53 heavy (non-hydrogen) atoms. The maximum atomic E-state index is 7.42. The number of likely N-dealkylation sites (N-methyl/N-ethyl adjacent to an activating group) is 1. The summed E-state index contributed by atoms with van der Waals surface area (Å²) >= 11 is 7.36. The predicted octanol–water partition coefficient (Wildman–Crippen LogP) is 12.7. The Morgan fingerprint density at radius 1 is 0.566 bits per heavy atom. The molecule has 6 aromatic carbocycles. The van der Waals surface area contributed by atoms with Gasteiger partial charge in [0, 0.05) is 68.2 Å². The van der Waals surface area contributed by atoms with Crippen molar-refractivity contribution < 1.29 is 9.30 Å². The van der Waals surface area contributed by atoms with E-state index in [0.717, 1.165) is 70.7 Å². The number of fused-ring (bicyclic) bond motifs is 2. The number of nitrogens with zero attached hydrogens (tertiary/aromatic N) is 2. The van der Waals surface area contributed by atoms with E-state index in [1.807, 2.05) is 0 Å². The minimum Gasteiger partial charge on any atom is -0.462 e. The Hall–Kier alpha value is -5.23. The van der Waals surface area contributed by atoms with E-state index in [9.17, 15) is 0 Å². The van der Waals surface area contributed by atoms with Crippen LogP contribution in [0.4, 0.5) is 5.69 Å². The summed E-state index contributed by atoms with van der Waals surface area (Å²) in [6, 6.07) is 56.4. The van der Waals surface area contributed by atoms with Crippen molar-refractivity contribution in [3.05, 3.63) is 184 Å². The smallest absolute Gasteiger partial charge is 0.219 e. The molecule has 0 amide bonds. The summed E-state index contributed by atoms with van der Waals surface area (Å²) in [7, 11) is 2.15. The summed E-state index contributed by atoms with van der Waals surface area (Å²) in [6.45, 7) is 4.58. The minimum atomic E-state index is -0.704. The van der Waals surface area contributed by atoms with Crippen molar-refractivity contribution in [1.29, 1.82) is 0 Å². The Kier molecular flexibility index (Phi) is 8.25. The van der Waals surface area contributed by atoms with Crippen LogP contribution in [0, 0.1) is 0 Å². The number of rotatable bonds is 5. The maximum absolute atomic E-state index is 7.42. The Balaban J connectivity index is 1.33. The van der Waals surface area contributed by atoms with Crippen molar-refractivity contribution in [2.45, 2.75) is 25.0 Å². The van der Waals surface area contributed by atoms with Gasteiger partial charge in [0.15, 0.2) is 0 Å². The van der Waals surface area contributed by atoms with Gasteiger partial charge < -0.3 is 9.64 Å². The second-order valence-electron chi connectivity index (χ2n) is 14.3. The number of anilines is 1. The molecular weight excluding hydrogens is 780 g/mol. The van der Waals surface area contributed by atoms with Crippen LogP contribution in [-0.4, -0.2) is 12.8 Å². The highest BCUT2D eigenvalue weighted by Crippen LogP contribution is 2.55. The first-order chi connectivity index (χ1) is 25.7. The van der Waals surface area contributed by atoms with E-state index in [1.165, 1.54) is 11.3 Å². The summed E-state index contributed by atoms with van der Waals surface area (Å²) in [6.07, 6.45) is 4.54. The molecule has 0 saturated carbocycles. The van der Waals surface area contributed by atoms with Gasteiger partial charge in [0.05, 0.1) is 5.41 Å². The van der Waals surface area contributed by atoms with Gasteiger partial charge in [-0.25, -0.2) is 0 Å². The molecule has 0 fully saturated rings. The lowest BCUT2D eigenvalue weighted by Gasteiger charge is -2.46. The molecule has 258 valence electrons. The van der Waals surface area contributed by atoms with Crippen LogP contribution in [0.2, 0.25) is 0 Å². The number of halogens is 2. The van der Waals surface area contributed by atoms with Crippen LogP contribution in [-0.2, 0) is 5.41 Å². The number of aromatic nitrogens is 1. The van der Waals surface area contributed by atoms with E-state index in [0.29, 0.717) is 0 Å². The van der Waals surface area contributed by atoms with Crippen LogP contribution in [0.5, 0.6) is 5.75 Å². The molecule has 3 heterocycles. The third kappa shape index (κ3) is 5.57. The number of pyridine rings is 1. The molecule has 0 N–H and O–H groups in total. The van der Waals surface area contributed by atoms with Gasteiger partial charge in [-0.05, 0) is 103 Å². The second-order valence-corrected chi connectivity index (χ2v) is 16.2. The summed E-state index contributed by atoms with van der Waals surface area (Å²) in [5, 5.41) is 0. The van der Waals surface area contributed by atoms with E-state index in [1.54, 1.807) is 0 Å². The Labute approximate surface area is 328 Å². The standard InChI is InChI=1S/C48H37Br2N2O/c1-47(2)42-16-10-11-17-43(42)51(3)48(47)27-26-36-28-40(31-41(46(36)53-48)33-14-8-5-9-15-33)52-44(34-18-22-38(49)23-19-34)29-37(32-12-6-4-7-13-32)30-45(52)35-20-24-39(50)25-21-35/h4-31H,1-3H3/q+1. The number of ether oxygens (including phenoxy) is 1. The van der Waals surface area contributed by atoms with Crippen molar-refractivity contribution in [2.75, 3.05) is 11.9 Å². The molecule has 9 rings (SSSR count). The normalized spacial score (nSPS) is 16.7. The predicted molar refractivity (Wildman–Crippen MR) is 225 cm³/mol. The average molecular weight is 818 g/mol. The minimum absolute atomic E-state index is 0.315. The largest absolute Gasteiger partial charge is 0.462 e. The van der Waals surface area contributed by atoms with Gasteiger partial charge in [-0.2, -0.15) is 4.57 Å². The Morgan fingerprint density at radius 3 is 1.70 bits per heavy atom. The van der Waals surface area contributed by atoms with Crippen LogP contribution in [0.3, 0.4) is 0 Å². The molecule has 1 atom stereocenters. The van der Waals surface area contributed by atoms with Gasteiger partial charge in [0.25, 0.3) is 0 Å². The molecular formula is C48H37Br2N2O+. The van der Waals surface area contributed by atoms with Gasteiger partial charge in [0.1, 0.15) is 5.75 Å². The van der Waals surface area contributed by atoms with Crippen molar-refractivity contribution in [2.24, 2.45) is 0 Å². The summed E-state index contributed by atoms with van der Waals surface area (Å²) in [5.41, 5.74) is 12.4. The first-order valence-electron chi connectivity index (χ1n) is 17.9. The van der Waals surface area contributed by atoms with E-state index in [-0.39, 0.29) is 5.41 Å². The van der Waals surface area contributed by atoms with Crippen molar-refractivity contribution in [3.8, 4) is 56.2 Å². The monoisotopic (exact) mass is 815 g/mol. The Morgan fingerprint density at radius 2 is 1.11 bits per heavy atom. The van der Waals surface area contributed by atoms with Crippen molar-refractivity contribution >= 4 is 43.6 Å². The zero-order valence-electron chi connectivity index (χ0n) is 29.7. The fraction of sp³-hybridized carbons (Fsp3) is 0.104. The second kappa shape index (κ2) is 13.0. The molecule has 1 unspecified atom stereocenters. The summed E-state index contributed by atoms with van der Waals surface area (Å²) in [5.74, 6) is 0.882. The molecule has 2 aliphatic heterocycles. The molecule has 3 nitrogen and oxygen atoms in total. The molecule has 1 spiro atoms. The molecule has 0 aliphatic carbocycles. The van der Waals surface area contributed by atoms with Gasteiger partial charge >= 0.3 is 0 Å². The van der Waals surface area contributed by atoms with E-state index in [4.69, 9.17) is 4.74 Å². The number of hydrogen-bond acceptors (Lipinski definition) is 2. The highest BCUT2D eigenvalue weighted by Gasteiger charge is 2.57. The molecule has 7 aromatic rings. The third-order valence-corrected chi connectivity index (χ3v) is 12.0. The van der Waals surface area contributed by atoms with Crippen LogP contribution >= 0.6 is 31.9 Å². The van der Waals surface area contributed by atoms with E-state index >= 15 is 0 Å². The number of benzene rings is 6. The lowest BCUT2D eigenvalue weighted by Crippen LogP contribution is -2.58. The van der Waals surface area contributed by atoms with Gasteiger partial charge in [-0.15, -0.1) is 0 Å². The summed E-state index contributed by atoms with van der Waals surface area (Å²) < 4.78 is 11.9. The van der Waals surface area contributed by atoms with Crippen LogP contribution < -0.4 is 14.2 Å². The van der Waals surface area contributed by atoms with Crippen LogP contribution in [0.15, 0.2) is 173 Å². The molecule has 2 aliphatic rings. The van der Waals surface area contributed by atoms with Crippen LogP contribution in [0.25, 0.3) is 56.5 Å². The van der Waals surface area contributed by atoms with Gasteiger partial charge in [-0.1, -0.05) is 111 Å². The zero-order valence-corrected chi connectivity index (χ0v) is 32.9. The molecule has 1 aromatic heterocycles. The number of para-hydroxylation sites is 1. The van der Waals surface area contributed by atoms with Crippen molar-refractivity contribution in [3.63, 3.8) is 0 Å². The lowest BCUT2D eigenvalue weighted by molar-refractivity contribution is -0.572. The van der Waals surface area contributed by atoms with Crippen LogP contribution in [0.1, 0.15) is 25.0 Å². The first-order valence-corrected chi connectivity index (χ1v) is 19.4. The van der Waals surface area contributed by atoms with Crippen molar-refractivity contribution in [1.82, 2.24) is 0 Å². The quantitative estimate of drug-likeness (QED) is 0.161. The first kappa shape index (κ1) is 33.6.